The average Bonchev–Trinajstić information content (AvgIpc) is 2.47. The van der Waals surface area contributed by atoms with Crippen LogP contribution in [0.1, 0.15) is 44.6 Å². The van der Waals surface area contributed by atoms with Crippen LogP contribution in [-0.2, 0) is 6.42 Å². The third-order valence-corrected chi connectivity index (χ3v) is 4.80. The van der Waals surface area contributed by atoms with Gasteiger partial charge < -0.3 is 10.2 Å². The summed E-state index contributed by atoms with van der Waals surface area (Å²) < 4.78 is 0. The Kier molecular flexibility index (Phi) is 4.07. The van der Waals surface area contributed by atoms with Crippen LogP contribution in [0.3, 0.4) is 0 Å². The Morgan fingerprint density at radius 2 is 2.11 bits per heavy atom. The van der Waals surface area contributed by atoms with Gasteiger partial charge in [0.2, 0.25) is 0 Å². The topological polar surface area (TPSA) is 15.3 Å². The van der Waals surface area contributed by atoms with E-state index in [2.05, 4.69) is 41.4 Å². The number of benzene rings is 1. The fraction of sp³-hybridized carbons (Fsp3) is 0.647. The third-order valence-electron chi connectivity index (χ3n) is 4.80. The average molecular weight is 258 g/mol. The largest absolute Gasteiger partial charge is 0.369 e. The monoisotopic (exact) mass is 258 g/mol. The summed E-state index contributed by atoms with van der Waals surface area (Å²) in [5.41, 5.74) is 3.02. The van der Waals surface area contributed by atoms with Gasteiger partial charge in [0.15, 0.2) is 0 Å². The summed E-state index contributed by atoms with van der Waals surface area (Å²) in [5, 5.41) is 3.67. The van der Waals surface area contributed by atoms with Crippen molar-refractivity contribution in [2.75, 3.05) is 18.0 Å². The number of hydrogen-bond donors (Lipinski definition) is 1. The molecule has 2 atom stereocenters. The summed E-state index contributed by atoms with van der Waals surface area (Å²) in [6.45, 7) is 4.80. The standard InChI is InChI=1S/C17H26N2/c1-14-9-10-15-6-2-3-8-17(15)19(14)13-11-16-7-4-5-12-18-16/h2-3,6,8,14,16,18H,4-5,7,9-13H2,1H3. The Hall–Kier alpha value is -1.02. The first-order chi connectivity index (χ1) is 9.34. The van der Waals surface area contributed by atoms with Gasteiger partial charge in [-0.1, -0.05) is 24.6 Å². The molecule has 104 valence electrons. The van der Waals surface area contributed by atoms with E-state index in [1.807, 2.05) is 0 Å². The summed E-state index contributed by atoms with van der Waals surface area (Å²) in [5.74, 6) is 0. The van der Waals surface area contributed by atoms with Crippen molar-refractivity contribution in [3.05, 3.63) is 29.8 Å². The lowest BCUT2D eigenvalue weighted by Gasteiger charge is -2.38. The van der Waals surface area contributed by atoms with E-state index in [9.17, 15) is 0 Å². The molecular weight excluding hydrogens is 232 g/mol. The van der Waals surface area contributed by atoms with E-state index < -0.39 is 0 Å². The Balaban J connectivity index is 1.65. The van der Waals surface area contributed by atoms with Crippen LogP contribution < -0.4 is 10.2 Å². The first-order valence-corrected chi connectivity index (χ1v) is 7.92. The van der Waals surface area contributed by atoms with Crippen molar-refractivity contribution in [2.45, 2.75) is 57.5 Å². The minimum atomic E-state index is 0.693. The molecule has 2 heterocycles. The highest BCUT2D eigenvalue weighted by molar-refractivity contribution is 5.56. The first-order valence-electron chi connectivity index (χ1n) is 7.92. The molecule has 1 N–H and O–H groups in total. The number of rotatable bonds is 3. The van der Waals surface area contributed by atoms with E-state index >= 15 is 0 Å². The predicted molar refractivity (Wildman–Crippen MR) is 81.8 cm³/mol. The maximum Gasteiger partial charge on any atom is 0.0401 e. The molecule has 2 aliphatic heterocycles. The first kappa shape index (κ1) is 13.0. The van der Waals surface area contributed by atoms with Crippen LogP contribution in [0.5, 0.6) is 0 Å². The molecule has 3 rings (SSSR count). The van der Waals surface area contributed by atoms with Crippen LogP contribution in [-0.4, -0.2) is 25.2 Å². The van der Waals surface area contributed by atoms with Gasteiger partial charge in [0, 0.05) is 24.3 Å². The second-order valence-electron chi connectivity index (χ2n) is 6.15. The van der Waals surface area contributed by atoms with Gasteiger partial charge in [-0.25, -0.2) is 0 Å². The lowest BCUT2D eigenvalue weighted by Crippen LogP contribution is -2.42. The number of nitrogens with one attached hydrogen (secondary N) is 1. The second kappa shape index (κ2) is 5.96. The number of nitrogens with zero attached hydrogens (tertiary/aromatic N) is 1. The molecule has 1 aromatic carbocycles. The van der Waals surface area contributed by atoms with Gasteiger partial charge in [-0.2, -0.15) is 0 Å². The molecule has 0 amide bonds. The van der Waals surface area contributed by atoms with E-state index in [0.29, 0.717) is 6.04 Å². The van der Waals surface area contributed by atoms with Gasteiger partial charge in [0.1, 0.15) is 0 Å². The predicted octanol–water partition coefficient (Wildman–Crippen LogP) is 3.36. The Bertz CT molecular complexity index is 409. The van der Waals surface area contributed by atoms with E-state index in [4.69, 9.17) is 0 Å². The molecule has 2 aliphatic rings. The second-order valence-corrected chi connectivity index (χ2v) is 6.15. The fourth-order valence-corrected chi connectivity index (χ4v) is 3.57. The van der Waals surface area contributed by atoms with Crippen molar-refractivity contribution in [3.8, 4) is 0 Å². The van der Waals surface area contributed by atoms with Crippen LogP contribution in [0, 0.1) is 0 Å². The number of hydrogen-bond acceptors (Lipinski definition) is 2. The molecule has 0 aromatic heterocycles. The zero-order valence-electron chi connectivity index (χ0n) is 12.1. The molecule has 0 spiro atoms. The summed E-state index contributed by atoms with van der Waals surface area (Å²) >= 11 is 0. The maximum atomic E-state index is 3.67. The van der Waals surface area contributed by atoms with Gasteiger partial charge in [-0.05, 0) is 57.2 Å². The van der Waals surface area contributed by atoms with E-state index in [0.717, 1.165) is 6.04 Å². The molecule has 0 bridgehead atoms. The summed E-state index contributed by atoms with van der Waals surface area (Å²) in [4.78, 5) is 2.63. The van der Waals surface area contributed by atoms with Crippen molar-refractivity contribution in [1.82, 2.24) is 5.32 Å². The van der Waals surface area contributed by atoms with E-state index in [1.54, 1.807) is 0 Å². The zero-order chi connectivity index (χ0) is 13.1. The summed E-state index contributed by atoms with van der Waals surface area (Å²) in [6, 6.07) is 10.4. The maximum absolute atomic E-state index is 3.67. The number of aryl methyl sites for hydroxylation is 1. The molecule has 0 aliphatic carbocycles. The molecular formula is C17H26N2. The van der Waals surface area contributed by atoms with E-state index in [1.165, 1.54) is 62.9 Å². The van der Waals surface area contributed by atoms with Crippen molar-refractivity contribution in [3.63, 3.8) is 0 Å². The third kappa shape index (κ3) is 2.94. The van der Waals surface area contributed by atoms with Crippen molar-refractivity contribution >= 4 is 5.69 Å². The molecule has 2 nitrogen and oxygen atoms in total. The van der Waals surface area contributed by atoms with Gasteiger partial charge in [-0.3, -0.25) is 0 Å². The van der Waals surface area contributed by atoms with Crippen LogP contribution in [0.2, 0.25) is 0 Å². The van der Waals surface area contributed by atoms with Crippen LogP contribution in [0.4, 0.5) is 5.69 Å². The molecule has 2 heteroatoms. The Morgan fingerprint density at radius 1 is 1.21 bits per heavy atom. The highest BCUT2D eigenvalue weighted by Crippen LogP contribution is 2.30. The van der Waals surface area contributed by atoms with Gasteiger partial charge >= 0.3 is 0 Å². The van der Waals surface area contributed by atoms with Gasteiger partial charge in [-0.15, -0.1) is 0 Å². The van der Waals surface area contributed by atoms with Gasteiger partial charge in [0.25, 0.3) is 0 Å². The summed E-state index contributed by atoms with van der Waals surface area (Å²) in [6.07, 6.45) is 7.97. The lowest BCUT2D eigenvalue weighted by atomic mass is 9.95. The van der Waals surface area contributed by atoms with E-state index in [-0.39, 0.29) is 0 Å². The smallest absolute Gasteiger partial charge is 0.0401 e. The number of fused-ring (bicyclic) bond motifs is 1. The van der Waals surface area contributed by atoms with Crippen molar-refractivity contribution < 1.29 is 0 Å². The van der Waals surface area contributed by atoms with Crippen molar-refractivity contribution in [1.29, 1.82) is 0 Å². The highest BCUT2D eigenvalue weighted by Gasteiger charge is 2.23. The number of para-hydroxylation sites is 1. The quantitative estimate of drug-likeness (QED) is 0.894. The van der Waals surface area contributed by atoms with Crippen LogP contribution in [0.15, 0.2) is 24.3 Å². The zero-order valence-corrected chi connectivity index (χ0v) is 12.1. The van der Waals surface area contributed by atoms with Gasteiger partial charge in [0.05, 0.1) is 0 Å². The molecule has 1 saturated heterocycles. The molecule has 19 heavy (non-hydrogen) atoms. The minimum absolute atomic E-state index is 0.693. The molecule has 0 radical (unpaired) electrons. The normalized spacial score (nSPS) is 27.1. The molecule has 1 fully saturated rings. The summed E-state index contributed by atoms with van der Waals surface area (Å²) in [7, 11) is 0. The minimum Gasteiger partial charge on any atom is -0.369 e. The lowest BCUT2D eigenvalue weighted by molar-refractivity contribution is 0.377. The molecule has 2 unspecified atom stereocenters. The Labute approximate surface area is 117 Å². The molecule has 1 aromatic rings. The number of piperidine rings is 1. The molecule has 0 saturated carbocycles. The SMILES string of the molecule is CC1CCc2ccccc2N1CCC1CCCCN1. The Morgan fingerprint density at radius 3 is 2.95 bits per heavy atom. The van der Waals surface area contributed by atoms with Crippen LogP contribution >= 0.6 is 0 Å². The van der Waals surface area contributed by atoms with Crippen LogP contribution in [0.25, 0.3) is 0 Å². The number of anilines is 1. The highest BCUT2D eigenvalue weighted by atomic mass is 15.2. The fourth-order valence-electron chi connectivity index (χ4n) is 3.57. The van der Waals surface area contributed by atoms with Crippen molar-refractivity contribution in [2.24, 2.45) is 0 Å².